The minimum absolute atomic E-state index is 0.115. The number of benzene rings is 1. The van der Waals surface area contributed by atoms with Crippen LogP contribution in [0.3, 0.4) is 0 Å². The summed E-state index contributed by atoms with van der Waals surface area (Å²) in [6.07, 6.45) is 4.20. The number of nitrogens with zero attached hydrogens (tertiary/aromatic N) is 3. The predicted octanol–water partition coefficient (Wildman–Crippen LogP) is 1.70. The van der Waals surface area contributed by atoms with Gasteiger partial charge in [0.15, 0.2) is 0 Å². The zero-order chi connectivity index (χ0) is 15.5. The second kappa shape index (κ2) is 5.85. The molecule has 1 amide bonds. The van der Waals surface area contributed by atoms with E-state index in [0.29, 0.717) is 11.2 Å². The average molecular weight is 296 g/mol. The van der Waals surface area contributed by atoms with Crippen LogP contribution >= 0.6 is 0 Å². The van der Waals surface area contributed by atoms with Crippen molar-refractivity contribution >= 4 is 17.1 Å². The summed E-state index contributed by atoms with van der Waals surface area (Å²) < 4.78 is 2.78. The van der Waals surface area contributed by atoms with E-state index in [1.807, 2.05) is 24.3 Å². The molecule has 1 aromatic carbocycles. The third-order valence-corrected chi connectivity index (χ3v) is 3.49. The molecule has 0 fully saturated rings. The Balaban J connectivity index is 1.74. The lowest BCUT2D eigenvalue weighted by atomic mass is 10.1. The molecule has 0 aliphatic rings. The number of carbonyl (C=O) groups is 1. The summed E-state index contributed by atoms with van der Waals surface area (Å²) in [4.78, 5) is 24.2. The van der Waals surface area contributed by atoms with Gasteiger partial charge in [0.05, 0.1) is 0 Å². The number of carbonyl (C=O) groups excluding carboxylic acids is 1. The van der Waals surface area contributed by atoms with Crippen LogP contribution in [0, 0.1) is 0 Å². The van der Waals surface area contributed by atoms with Crippen molar-refractivity contribution in [1.29, 1.82) is 0 Å². The predicted molar refractivity (Wildman–Crippen MR) is 83.9 cm³/mol. The maximum Gasteiger partial charge on any atom is 0.291 e. The highest BCUT2D eigenvalue weighted by molar-refractivity contribution is 5.90. The van der Waals surface area contributed by atoms with E-state index in [4.69, 9.17) is 0 Å². The topological polar surface area (TPSA) is 68.4 Å². The number of aromatic nitrogens is 3. The molecule has 0 aliphatic heterocycles. The van der Waals surface area contributed by atoms with Crippen molar-refractivity contribution < 1.29 is 4.79 Å². The van der Waals surface area contributed by atoms with E-state index in [1.54, 1.807) is 22.7 Å². The molecule has 0 atom stereocenters. The Morgan fingerprint density at radius 3 is 2.73 bits per heavy atom. The third-order valence-electron chi connectivity index (χ3n) is 3.49. The summed E-state index contributed by atoms with van der Waals surface area (Å²) in [5, 5.41) is 6.76. The quantitative estimate of drug-likeness (QED) is 0.796. The van der Waals surface area contributed by atoms with Gasteiger partial charge >= 0.3 is 0 Å². The Bertz CT molecular complexity index is 862. The van der Waals surface area contributed by atoms with Gasteiger partial charge in [-0.15, -0.1) is 0 Å². The Kier molecular flexibility index (Phi) is 3.74. The fourth-order valence-electron chi connectivity index (χ4n) is 2.25. The van der Waals surface area contributed by atoms with Gasteiger partial charge in [-0.25, -0.2) is 4.68 Å². The van der Waals surface area contributed by atoms with Crippen LogP contribution < -0.4 is 10.9 Å². The van der Waals surface area contributed by atoms with E-state index in [0.717, 1.165) is 11.1 Å². The number of rotatable bonds is 4. The van der Waals surface area contributed by atoms with Gasteiger partial charge in [0, 0.05) is 11.9 Å². The molecule has 2 aromatic heterocycles. The van der Waals surface area contributed by atoms with Crippen molar-refractivity contribution in [3.05, 3.63) is 64.8 Å². The number of hydrogen-bond acceptors (Lipinski definition) is 3. The van der Waals surface area contributed by atoms with Gasteiger partial charge in [-0.05, 0) is 36.2 Å². The van der Waals surface area contributed by atoms with E-state index in [2.05, 4.69) is 17.3 Å². The molecular formula is C16H16N4O2. The highest BCUT2D eigenvalue weighted by Gasteiger charge is 2.08. The first-order valence-electron chi connectivity index (χ1n) is 7.09. The minimum atomic E-state index is -0.288. The molecule has 22 heavy (non-hydrogen) atoms. The molecule has 0 saturated heterocycles. The van der Waals surface area contributed by atoms with Gasteiger partial charge < -0.3 is 9.72 Å². The van der Waals surface area contributed by atoms with Gasteiger partial charge in [-0.3, -0.25) is 9.59 Å². The third kappa shape index (κ3) is 2.76. The average Bonchev–Trinajstić information content (AvgIpc) is 3.00. The largest absolute Gasteiger partial charge is 0.324 e. The van der Waals surface area contributed by atoms with Crippen molar-refractivity contribution in [3.8, 4) is 0 Å². The van der Waals surface area contributed by atoms with Crippen molar-refractivity contribution in [2.24, 2.45) is 0 Å². The van der Waals surface area contributed by atoms with Crippen LogP contribution in [-0.2, 0) is 17.8 Å². The smallest absolute Gasteiger partial charge is 0.291 e. The van der Waals surface area contributed by atoms with Crippen LogP contribution in [0.1, 0.15) is 12.5 Å². The van der Waals surface area contributed by atoms with Crippen molar-refractivity contribution in [1.82, 2.24) is 14.2 Å². The molecule has 6 nitrogen and oxygen atoms in total. The van der Waals surface area contributed by atoms with Crippen LogP contribution in [0.15, 0.2) is 53.7 Å². The number of hydrogen-bond donors (Lipinski definition) is 1. The van der Waals surface area contributed by atoms with Gasteiger partial charge in [0.25, 0.3) is 5.56 Å². The first-order chi connectivity index (χ1) is 10.7. The monoisotopic (exact) mass is 296 g/mol. The SMILES string of the molecule is CCc1ccc(NC(=O)Cn2ncn3cccc3c2=O)cc1. The lowest BCUT2D eigenvalue weighted by Gasteiger charge is -2.07. The summed E-state index contributed by atoms with van der Waals surface area (Å²) in [7, 11) is 0. The Hall–Kier alpha value is -2.89. The molecule has 0 spiro atoms. The summed E-state index contributed by atoms with van der Waals surface area (Å²) in [6, 6.07) is 11.1. The number of amides is 1. The van der Waals surface area contributed by atoms with Crippen LogP contribution in [0.2, 0.25) is 0 Å². The van der Waals surface area contributed by atoms with Gasteiger partial charge in [-0.2, -0.15) is 5.10 Å². The fourth-order valence-corrected chi connectivity index (χ4v) is 2.25. The Labute approximate surface area is 127 Å². The van der Waals surface area contributed by atoms with E-state index in [9.17, 15) is 9.59 Å². The molecule has 6 heteroatoms. The molecule has 2 heterocycles. The zero-order valence-electron chi connectivity index (χ0n) is 12.2. The standard InChI is InChI=1S/C16H16N4O2/c1-2-12-5-7-13(8-6-12)18-15(21)10-20-16(22)14-4-3-9-19(14)11-17-20/h3-9,11H,2,10H2,1H3,(H,18,21). The van der Waals surface area contributed by atoms with Crippen LogP contribution in [-0.4, -0.2) is 20.1 Å². The maximum atomic E-state index is 12.2. The maximum absolute atomic E-state index is 12.2. The van der Waals surface area contributed by atoms with Crippen molar-refractivity contribution in [2.45, 2.75) is 19.9 Å². The second-order valence-electron chi connectivity index (χ2n) is 4.99. The number of anilines is 1. The number of aryl methyl sites for hydroxylation is 1. The number of nitrogens with one attached hydrogen (secondary N) is 1. The molecule has 0 saturated carbocycles. The van der Waals surface area contributed by atoms with Gasteiger partial charge in [0.2, 0.25) is 5.91 Å². The Morgan fingerprint density at radius 2 is 2.00 bits per heavy atom. The molecule has 1 N–H and O–H groups in total. The van der Waals surface area contributed by atoms with E-state index >= 15 is 0 Å². The number of fused-ring (bicyclic) bond motifs is 1. The van der Waals surface area contributed by atoms with Crippen molar-refractivity contribution in [3.63, 3.8) is 0 Å². The van der Waals surface area contributed by atoms with Gasteiger partial charge in [0.1, 0.15) is 18.4 Å². The van der Waals surface area contributed by atoms with Crippen molar-refractivity contribution in [2.75, 3.05) is 5.32 Å². The molecule has 3 aromatic rings. The van der Waals surface area contributed by atoms with Crippen LogP contribution in [0.5, 0.6) is 0 Å². The molecule has 0 aliphatic carbocycles. The molecular weight excluding hydrogens is 280 g/mol. The van der Waals surface area contributed by atoms with E-state index < -0.39 is 0 Å². The lowest BCUT2D eigenvalue weighted by Crippen LogP contribution is -2.30. The first-order valence-corrected chi connectivity index (χ1v) is 7.09. The molecule has 0 unspecified atom stereocenters. The van der Waals surface area contributed by atoms with E-state index in [1.165, 1.54) is 11.9 Å². The summed E-state index contributed by atoms with van der Waals surface area (Å²) in [5.74, 6) is -0.283. The second-order valence-corrected chi connectivity index (χ2v) is 4.99. The minimum Gasteiger partial charge on any atom is -0.324 e. The molecule has 112 valence electrons. The summed E-state index contributed by atoms with van der Waals surface area (Å²) in [6.45, 7) is 1.96. The van der Waals surface area contributed by atoms with Crippen LogP contribution in [0.25, 0.3) is 5.52 Å². The Morgan fingerprint density at radius 1 is 1.23 bits per heavy atom. The molecule has 0 bridgehead atoms. The molecule has 0 radical (unpaired) electrons. The lowest BCUT2D eigenvalue weighted by molar-refractivity contribution is -0.117. The summed E-state index contributed by atoms with van der Waals surface area (Å²) in [5.41, 5.74) is 2.12. The highest BCUT2D eigenvalue weighted by atomic mass is 16.2. The van der Waals surface area contributed by atoms with Crippen LogP contribution in [0.4, 0.5) is 5.69 Å². The highest BCUT2D eigenvalue weighted by Crippen LogP contribution is 2.09. The first kappa shape index (κ1) is 14.1. The summed E-state index contributed by atoms with van der Waals surface area (Å²) >= 11 is 0. The zero-order valence-corrected chi connectivity index (χ0v) is 12.2. The molecule has 3 rings (SSSR count). The van der Waals surface area contributed by atoms with Gasteiger partial charge in [-0.1, -0.05) is 19.1 Å². The fraction of sp³-hybridized carbons (Fsp3) is 0.188. The normalized spacial score (nSPS) is 10.8. The van der Waals surface area contributed by atoms with E-state index in [-0.39, 0.29) is 18.0 Å².